The van der Waals surface area contributed by atoms with Crippen LogP contribution in [0.2, 0.25) is 5.02 Å². The molecule has 0 aliphatic carbocycles. The van der Waals surface area contributed by atoms with Crippen molar-refractivity contribution in [3.8, 4) is 0 Å². The highest BCUT2D eigenvalue weighted by Gasteiger charge is 2.09. The average molecular weight is 197 g/mol. The van der Waals surface area contributed by atoms with Crippen molar-refractivity contribution in [1.29, 1.82) is 0 Å². The zero-order valence-electron chi connectivity index (χ0n) is 7.43. The SMILES string of the molecule is CC(=O)c1ccc(C=O)c(Cl)c1C. The minimum Gasteiger partial charge on any atom is -0.298 e. The monoisotopic (exact) mass is 196 g/mol. The molecule has 0 radical (unpaired) electrons. The zero-order chi connectivity index (χ0) is 10.0. The lowest BCUT2D eigenvalue weighted by Gasteiger charge is -2.05. The molecule has 0 atom stereocenters. The molecule has 13 heavy (non-hydrogen) atoms. The molecular formula is C10H9ClO2. The van der Waals surface area contributed by atoms with Gasteiger partial charge in [0.25, 0.3) is 0 Å². The van der Waals surface area contributed by atoms with Crippen molar-refractivity contribution < 1.29 is 9.59 Å². The van der Waals surface area contributed by atoms with Crippen LogP contribution in [0.15, 0.2) is 12.1 Å². The number of aldehydes is 1. The van der Waals surface area contributed by atoms with E-state index < -0.39 is 0 Å². The van der Waals surface area contributed by atoms with Gasteiger partial charge in [0.2, 0.25) is 0 Å². The lowest BCUT2D eigenvalue weighted by atomic mass is 10.0. The first-order chi connectivity index (χ1) is 6.07. The molecule has 0 aromatic heterocycles. The normalized spacial score (nSPS) is 9.77. The molecule has 1 rings (SSSR count). The van der Waals surface area contributed by atoms with Gasteiger partial charge in [0.15, 0.2) is 12.1 Å². The highest BCUT2D eigenvalue weighted by atomic mass is 35.5. The molecule has 2 nitrogen and oxygen atoms in total. The summed E-state index contributed by atoms with van der Waals surface area (Å²) in [5.74, 6) is -0.0446. The van der Waals surface area contributed by atoms with Crippen LogP contribution in [-0.2, 0) is 0 Å². The molecule has 0 aliphatic rings. The standard InChI is InChI=1S/C10H9ClO2/c1-6-9(7(2)13)4-3-8(5-12)10(6)11/h3-5H,1-2H3. The van der Waals surface area contributed by atoms with Gasteiger partial charge in [0.05, 0.1) is 5.02 Å². The van der Waals surface area contributed by atoms with Crippen LogP contribution in [-0.4, -0.2) is 12.1 Å². The number of benzene rings is 1. The van der Waals surface area contributed by atoms with Crippen molar-refractivity contribution >= 4 is 23.7 Å². The van der Waals surface area contributed by atoms with E-state index in [1.165, 1.54) is 6.92 Å². The maximum absolute atomic E-state index is 11.1. The van der Waals surface area contributed by atoms with E-state index in [9.17, 15) is 9.59 Å². The highest BCUT2D eigenvalue weighted by Crippen LogP contribution is 2.22. The Morgan fingerprint density at radius 1 is 1.46 bits per heavy atom. The molecule has 1 aromatic carbocycles. The molecule has 0 fully saturated rings. The number of hydrogen-bond acceptors (Lipinski definition) is 2. The van der Waals surface area contributed by atoms with Crippen LogP contribution >= 0.6 is 11.6 Å². The number of carbonyl (C=O) groups is 2. The van der Waals surface area contributed by atoms with Crippen molar-refractivity contribution in [3.05, 3.63) is 33.8 Å². The molecule has 0 aliphatic heterocycles. The first-order valence-corrected chi connectivity index (χ1v) is 4.21. The third-order valence-corrected chi connectivity index (χ3v) is 2.42. The maximum atomic E-state index is 11.1. The third-order valence-electron chi connectivity index (χ3n) is 1.92. The number of carbonyl (C=O) groups excluding carboxylic acids is 2. The van der Waals surface area contributed by atoms with E-state index >= 15 is 0 Å². The van der Waals surface area contributed by atoms with Crippen LogP contribution in [0.3, 0.4) is 0 Å². The fraction of sp³-hybridized carbons (Fsp3) is 0.200. The fourth-order valence-electron chi connectivity index (χ4n) is 1.18. The van der Waals surface area contributed by atoms with Gasteiger partial charge >= 0.3 is 0 Å². The fourth-order valence-corrected chi connectivity index (χ4v) is 1.39. The van der Waals surface area contributed by atoms with E-state index in [0.29, 0.717) is 28.0 Å². The Bertz CT molecular complexity index is 369. The number of hydrogen-bond donors (Lipinski definition) is 0. The van der Waals surface area contributed by atoms with Gasteiger partial charge in [-0.3, -0.25) is 9.59 Å². The topological polar surface area (TPSA) is 34.1 Å². The molecule has 0 spiro atoms. The van der Waals surface area contributed by atoms with Crippen molar-refractivity contribution in [3.63, 3.8) is 0 Å². The summed E-state index contributed by atoms with van der Waals surface area (Å²) in [6.45, 7) is 3.20. The van der Waals surface area contributed by atoms with E-state index in [4.69, 9.17) is 11.6 Å². The molecule has 0 amide bonds. The molecule has 0 unspecified atom stereocenters. The second-order valence-electron chi connectivity index (χ2n) is 2.82. The molecule has 0 heterocycles. The van der Waals surface area contributed by atoms with Gasteiger partial charge in [0, 0.05) is 11.1 Å². The van der Waals surface area contributed by atoms with Gasteiger partial charge in [-0.15, -0.1) is 0 Å². The van der Waals surface area contributed by atoms with E-state index in [1.807, 2.05) is 0 Å². The predicted octanol–water partition coefficient (Wildman–Crippen LogP) is 2.66. The minimum absolute atomic E-state index is 0.0446. The van der Waals surface area contributed by atoms with E-state index in [0.717, 1.165) is 0 Å². The Labute approximate surface area is 81.5 Å². The average Bonchev–Trinajstić information content (AvgIpc) is 2.09. The quantitative estimate of drug-likeness (QED) is 0.538. The number of halogens is 1. The van der Waals surface area contributed by atoms with Crippen LogP contribution in [0.5, 0.6) is 0 Å². The minimum atomic E-state index is -0.0446. The molecule has 68 valence electrons. The summed E-state index contributed by atoms with van der Waals surface area (Å²) in [4.78, 5) is 21.6. The number of ketones is 1. The highest BCUT2D eigenvalue weighted by molar-refractivity contribution is 6.34. The van der Waals surface area contributed by atoms with Gasteiger partial charge in [-0.1, -0.05) is 17.7 Å². The molecule has 1 aromatic rings. The lowest BCUT2D eigenvalue weighted by Crippen LogP contribution is -1.98. The Morgan fingerprint density at radius 2 is 2.08 bits per heavy atom. The maximum Gasteiger partial charge on any atom is 0.160 e. The Kier molecular flexibility index (Phi) is 2.83. The molecular weight excluding hydrogens is 188 g/mol. The van der Waals surface area contributed by atoms with E-state index in [-0.39, 0.29) is 5.78 Å². The van der Waals surface area contributed by atoms with Crippen LogP contribution in [0.25, 0.3) is 0 Å². The lowest BCUT2D eigenvalue weighted by molar-refractivity contribution is 0.101. The number of Topliss-reactive ketones (excluding diaryl/α,β-unsaturated/α-hetero) is 1. The van der Waals surface area contributed by atoms with Crippen molar-refractivity contribution in [2.75, 3.05) is 0 Å². The number of rotatable bonds is 2. The summed E-state index contributed by atoms with van der Waals surface area (Å²) in [6.07, 6.45) is 0.680. The first-order valence-electron chi connectivity index (χ1n) is 3.83. The Hall–Kier alpha value is -1.15. The second kappa shape index (κ2) is 3.71. The summed E-state index contributed by atoms with van der Waals surface area (Å²) in [6, 6.07) is 3.17. The van der Waals surface area contributed by atoms with Gasteiger partial charge < -0.3 is 0 Å². The molecule has 0 saturated heterocycles. The van der Waals surface area contributed by atoms with Crippen LogP contribution < -0.4 is 0 Å². The summed E-state index contributed by atoms with van der Waals surface area (Å²) in [7, 11) is 0. The van der Waals surface area contributed by atoms with Crippen LogP contribution in [0.1, 0.15) is 33.2 Å². The van der Waals surface area contributed by atoms with Gasteiger partial charge in [-0.25, -0.2) is 0 Å². The van der Waals surface area contributed by atoms with E-state index in [2.05, 4.69) is 0 Å². The molecule has 3 heteroatoms. The third kappa shape index (κ3) is 1.78. The summed E-state index contributed by atoms with van der Waals surface area (Å²) in [5, 5.41) is 0.364. The second-order valence-corrected chi connectivity index (χ2v) is 3.19. The van der Waals surface area contributed by atoms with Gasteiger partial charge in [-0.2, -0.15) is 0 Å². The molecule has 0 N–H and O–H groups in total. The van der Waals surface area contributed by atoms with Gasteiger partial charge in [0.1, 0.15) is 0 Å². The predicted molar refractivity (Wildman–Crippen MR) is 51.6 cm³/mol. The first kappa shape index (κ1) is 9.93. The molecule has 0 saturated carbocycles. The van der Waals surface area contributed by atoms with Crippen LogP contribution in [0.4, 0.5) is 0 Å². The molecule has 0 bridgehead atoms. The largest absolute Gasteiger partial charge is 0.298 e. The Morgan fingerprint density at radius 3 is 2.54 bits per heavy atom. The zero-order valence-corrected chi connectivity index (χ0v) is 8.18. The smallest absolute Gasteiger partial charge is 0.160 e. The Balaban J connectivity index is 3.39. The summed E-state index contributed by atoms with van der Waals surface area (Å²) < 4.78 is 0. The van der Waals surface area contributed by atoms with Crippen LogP contribution in [0, 0.1) is 6.92 Å². The summed E-state index contributed by atoms with van der Waals surface area (Å²) in [5.41, 5.74) is 1.65. The van der Waals surface area contributed by atoms with Crippen molar-refractivity contribution in [1.82, 2.24) is 0 Å². The van der Waals surface area contributed by atoms with Gasteiger partial charge in [-0.05, 0) is 25.5 Å². The summed E-state index contributed by atoms with van der Waals surface area (Å²) >= 11 is 5.86. The van der Waals surface area contributed by atoms with E-state index in [1.54, 1.807) is 19.1 Å². The van der Waals surface area contributed by atoms with Crippen molar-refractivity contribution in [2.24, 2.45) is 0 Å². The van der Waals surface area contributed by atoms with Crippen molar-refractivity contribution in [2.45, 2.75) is 13.8 Å².